The molecule has 0 unspecified atom stereocenters. The minimum atomic E-state index is -3.72. The van der Waals surface area contributed by atoms with Crippen LogP contribution in [0.1, 0.15) is 36.3 Å². The highest BCUT2D eigenvalue weighted by molar-refractivity contribution is 7.89. The summed E-state index contributed by atoms with van der Waals surface area (Å²) in [6, 6.07) is 4.67. The Kier molecular flexibility index (Phi) is 5.05. The van der Waals surface area contributed by atoms with E-state index in [-0.39, 0.29) is 42.9 Å². The van der Waals surface area contributed by atoms with E-state index in [2.05, 4.69) is 10.2 Å². The van der Waals surface area contributed by atoms with Gasteiger partial charge in [0.25, 0.3) is 0 Å². The molecule has 0 N–H and O–H groups in total. The molecule has 2 aromatic rings. The molecule has 0 aliphatic carbocycles. The zero-order valence-corrected chi connectivity index (χ0v) is 15.2. The molecule has 0 bridgehead atoms. The number of amides is 1. The fraction of sp³-hybridized carbons (Fsp3) is 0.438. The van der Waals surface area contributed by atoms with Crippen LogP contribution in [0.2, 0.25) is 0 Å². The van der Waals surface area contributed by atoms with Crippen LogP contribution >= 0.6 is 0 Å². The molecule has 0 atom stereocenters. The summed E-state index contributed by atoms with van der Waals surface area (Å²) in [7, 11) is -3.72. The molecular formula is C16H19FN4O4S. The molecule has 2 heterocycles. The van der Waals surface area contributed by atoms with Crippen LogP contribution in [0.15, 0.2) is 33.6 Å². The maximum Gasteiger partial charge on any atom is 0.311 e. The molecule has 1 aromatic carbocycles. The van der Waals surface area contributed by atoms with E-state index in [0.717, 1.165) is 12.1 Å². The van der Waals surface area contributed by atoms with Crippen molar-refractivity contribution in [2.75, 3.05) is 26.2 Å². The van der Waals surface area contributed by atoms with E-state index < -0.39 is 21.7 Å². The topological polar surface area (TPSA) is 96.6 Å². The largest absolute Gasteiger partial charge is 0.417 e. The lowest BCUT2D eigenvalue weighted by Gasteiger charge is -2.33. The zero-order valence-electron chi connectivity index (χ0n) is 14.4. The third kappa shape index (κ3) is 3.61. The molecule has 0 radical (unpaired) electrons. The molecule has 0 spiro atoms. The smallest absolute Gasteiger partial charge is 0.311 e. The number of hydrogen-bond donors (Lipinski definition) is 0. The molecule has 10 heteroatoms. The van der Waals surface area contributed by atoms with E-state index in [4.69, 9.17) is 4.42 Å². The van der Waals surface area contributed by atoms with Gasteiger partial charge in [0.05, 0.1) is 4.90 Å². The van der Waals surface area contributed by atoms with Crippen LogP contribution in [0.4, 0.5) is 4.39 Å². The van der Waals surface area contributed by atoms with Crippen LogP contribution < -0.4 is 0 Å². The Labute approximate surface area is 150 Å². The number of nitrogens with zero attached hydrogens (tertiary/aromatic N) is 4. The Bertz CT molecular complexity index is 887. The number of carbonyl (C=O) groups is 1. The van der Waals surface area contributed by atoms with Gasteiger partial charge in [0.2, 0.25) is 15.9 Å². The molecule has 26 heavy (non-hydrogen) atoms. The SMILES string of the molecule is CC(C)c1nnc(C(=O)N2CCN(S(=O)(=O)c3ccc(F)cc3)CC2)o1. The number of carbonyl (C=O) groups excluding carboxylic acids is 1. The average Bonchev–Trinajstić information content (AvgIpc) is 3.12. The first-order valence-corrected chi connectivity index (χ1v) is 9.61. The van der Waals surface area contributed by atoms with Gasteiger partial charge in [0.15, 0.2) is 0 Å². The highest BCUT2D eigenvalue weighted by Crippen LogP contribution is 2.19. The van der Waals surface area contributed by atoms with Gasteiger partial charge in [0, 0.05) is 32.1 Å². The van der Waals surface area contributed by atoms with Gasteiger partial charge in [-0.3, -0.25) is 4.79 Å². The zero-order chi connectivity index (χ0) is 18.9. The number of piperazine rings is 1. The van der Waals surface area contributed by atoms with Crippen LogP contribution in [-0.4, -0.2) is 59.9 Å². The number of aromatic nitrogens is 2. The van der Waals surface area contributed by atoms with Crippen molar-refractivity contribution in [1.82, 2.24) is 19.4 Å². The Hall–Kier alpha value is -2.33. The lowest BCUT2D eigenvalue weighted by molar-refractivity contribution is 0.0655. The number of rotatable bonds is 4. The second-order valence-corrected chi connectivity index (χ2v) is 8.19. The molecule has 1 fully saturated rings. The van der Waals surface area contributed by atoms with Crippen molar-refractivity contribution in [1.29, 1.82) is 0 Å². The third-order valence-corrected chi connectivity index (χ3v) is 6.01. The van der Waals surface area contributed by atoms with Crippen molar-refractivity contribution in [2.24, 2.45) is 0 Å². The predicted octanol–water partition coefficient (Wildman–Crippen LogP) is 1.48. The monoisotopic (exact) mass is 382 g/mol. The van der Waals surface area contributed by atoms with Gasteiger partial charge >= 0.3 is 11.8 Å². The summed E-state index contributed by atoms with van der Waals surface area (Å²) in [6.45, 7) is 4.44. The second kappa shape index (κ2) is 7.12. The first-order valence-electron chi connectivity index (χ1n) is 8.17. The van der Waals surface area contributed by atoms with Crippen LogP contribution in [0.25, 0.3) is 0 Å². The van der Waals surface area contributed by atoms with Gasteiger partial charge in [0.1, 0.15) is 5.82 Å². The minimum absolute atomic E-state index is 0.0155. The Morgan fingerprint density at radius 1 is 1.12 bits per heavy atom. The standard InChI is InChI=1S/C16H19FN4O4S/c1-11(2)14-18-19-15(25-14)16(22)20-7-9-21(10-8-20)26(23,24)13-5-3-12(17)4-6-13/h3-6,11H,7-10H2,1-2H3. The van der Waals surface area contributed by atoms with Crippen LogP contribution in [-0.2, 0) is 10.0 Å². The van der Waals surface area contributed by atoms with E-state index >= 15 is 0 Å². The minimum Gasteiger partial charge on any atom is -0.417 e. The van der Waals surface area contributed by atoms with E-state index in [0.29, 0.717) is 5.89 Å². The fourth-order valence-electron chi connectivity index (χ4n) is 2.58. The quantitative estimate of drug-likeness (QED) is 0.795. The summed E-state index contributed by atoms with van der Waals surface area (Å²) in [5.74, 6) is -0.612. The van der Waals surface area contributed by atoms with E-state index in [9.17, 15) is 17.6 Å². The molecule has 8 nitrogen and oxygen atoms in total. The van der Waals surface area contributed by atoms with Crippen molar-refractivity contribution in [3.63, 3.8) is 0 Å². The molecule has 1 amide bonds. The first kappa shape index (κ1) is 18.5. The molecule has 1 aliphatic heterocycles. The van der Waals surface area contributed by atoms with E-state index in [1.54, 1.807) is 0 Å². The van der Waals surface area contributed by atoms with Gasteiger partial charge in [-0.25, -0.2) is 12.8 Å². The molecule has 1 aromatic heterocycles. The summed E-state index contributed by atoms with van der Waals surface area (Å²) in [4.78, 5) is 13.9. The highest BCUT2D eigenvalue weighted by atomic mass is 32.2. The number of sulfonamides is 1. The Balaban J connectivity index is 1.66. The first-order chi connectivity index (χ1) is 12.3. The summed E-state index contributed by atoms with van der Waals surface area (Å²) < 4.78 is 44.8. The van der Waals surface area contributed by atoms with Crippen LogP contribution in [0, 0.1) is 5.82 Å². The molecule has 1 aliphatic rings. The average molecular weight is 382 g/mol. The van der Waals surface area contributed by atoms with Gasteiger partial charge in [-0.05, 0) is 24.3 Å². The van der Waals surface area contributed by atoms with Crippen molar-refractivity contribution in [3.8, 4) is 0 Å². The lowest BCUT2D eigenvalue weighted by Crippen LogP contribution is -2.50. The number of benzene rings is 1. The molecule has 140 valence electrons. The lowest BCUT2D eigenvalue weighted by atomic mass is 10.2. The van der Waals surface area contributed by atoms with Gasteiger partial charge in [-0.1, -0.05) is 13.8 Å². The Morgan fingerprint density at radius 2 is 1.73 bits per heavy atom. The molecule has 3 rings (SSSR count). The summed E-state index contributed by atoms with van der Waals surface area (Å²) in [6.07, 6.45) is 0. The maximum atomic E-state index is 13.0. The van der Waals surface area contributed by atoms with Crippen molar-refractivity contribution in [2.45, 2.75) is 24.7 Å². The van der Waals surface area contributed by atoms with Crippen molar-refractivity contribution >= 4 is 15.9 Å². The summed E-state index contributed by atoms with van der Waals surface area (Å²) >= 11 is 0. The van der Waals surface area contributed by atoms with Crippen LogP contribution in [0.5, 0.6) is 0 Å². The summed E-state index contributed by atoms with van der Waals surface area (Å²) in [5.41, 5.74) is 0. The van der Waals surface area contributed by atoms with Gasteiger partial charge in [-0.2, -0.15) is 4.31 Å². The number of halogens is 1. The highest BCUT2D eigenvalue weighted by Gasteiger charge is 2.32. The second-order valence-electron chi connectivity index (χ2n) is 6.25. The maximum absolute atomic E-state index is 13.0. The van der Waals surface area contributed by atoms with Gasteiger partial charge < -0.3 is 9.32 Å². The molecule has 1 saturated heterocycles. The predicted molar refractivity (Wildman–Crippen MR) is 89.4 cm³/mol. The normalized spacial score (nSPS) is 16.2. The van der Waals surface area contributed by atoms with Crippen molar-refractivity contribution in [3.05, 3.63) is 41.9 Å². The number of hydrogen-bond acceptors (Lipinski definition) is 6. The summed E-state index contributed by atoms with van der Waals surface area (Å²) in [5, 5.41) is 7.59. The van der Waals surface area contributed by atoms with E-state index in [1.165, 1.54) is 21.3 Å². The third-order valence-electron chi connectivity index (χ3n) is 4.09. The van der Waals surface area contributed by atoms with E-state index in [1.807, 2.05) is 13.8 Å². The molecular weight excluding hydrogens is 363 g/mol. The fourth-order valence-corrected chi connectivity index (χ4v) is 4.00. The molecule has 0 saturated carbocycles. The van der Waals surface area contributed by atoms with Crippen LogP contribution in [0.3, 0.4) is 0 Å². The Morgan fingerprint density at radius 3 is 2.27 bits per heavy atom. The van der Waals surface area contributed by atoms with Crippen molar-refractivity contribution < 1.29 is 22.0 Å². The van der Waals surface area contributed by atoms with Gasteiger partial charge in [-0.15, -0.1) is 10.2 Å².